The van der Waals surface area contributed by atoms with E-state index in [0.717, 1.165) is 17.0 Å². The lowest BCUT2D eigenvalue weighted by Crippen LogP contribution is -2.29. The van der Waals surface area contributed by atoms with Gasteiger partial charge in [-0.3, -0.25) is 9.48 Å². The van der Waals surface area contributed by atoms with Gasteiger partial charge >= 0.3 is 0 Å². The van der Waals surface area contributed by atoms with Crippen LogP contribution < -0.4 is 5.32 Å². The molecule has 0 spiro atoms. The van der Waals surface area contributed by atoms with Crippen molar-refractivity contribution in [1.29, 1.82) is 0 Å². The predicted molar refractivity (Wildman–Crippen MR) is 103 cm³/mol. The van der Waals surface area contributed by atoms with E-state index in [2.05, 4.69) is 34.2 Å². The van der Waals surface area contributed by atoms with Crippen molar-refractivity contribution in [2.45, 2.75) is 26.8 Å². The summed E-state index contributed by atoms with van der Waals surface area (Å²) in [7, 11) is 0. The van der Waals surface area contributed by atoms with E-state index in [0.29, 0.717) is 18.1 Å². The van der Waals surface area contributed by atoms with Crippen LogP contribution in [0.4, 0.5) is 0 Å². The lowest BCUT2D eigenvalue weighted by Gasteiger charge is -2.08. The lowest BCUT2D eigenvalue weighted by molar-refractivity contribution is -0.120. The third-order valence-corrected chi connectivity index (χ3v) is 5.20. The molecule has 2 aromatic heterocycles. The van der Waals surface area contributed by atoms with Gasteiger partial charge in [-0.15, -0.1) is 0 Å². The molecule has 3 rings (SSSR count). The average molecular weight is 374 g/mol. The molecule has 4 nitrogen and oxygen atoms in total. The Morgan fingerprint density at radius 3 is 2.80 bits per heavy atom. The van der Waals surface area contributed by atoms with Crippen LogP contribution in [0.1, 0.15) is 17.0 Å². The molecule has 0 aliphatic rings. The minimum Gasteiger partial charge on any atom is -0.354 e. The van der Waals surface area contributed by atoms with Crippen molar-refractivity contribution in [3.63, 3.8) is 0 Å². The van der Waals surface area contributed by atoms with E-state index in [1.807, 2.05) is 29.8 Å². The van der Waals surface area contributed by atoms with Gasteiger partial charge in [-0.2, -0.15) is 16.4 Å². The highest BCUT2D eigenvalue weighted by molar-refractivity contribution is 7.08. The molecular weight excluding hydrogens is 354 g/mol. The van der Waals surface area contributed by atoms with Gasteiger partial charge in [0.2, 0.25) is 5.91 Å². The van der Waals surface area contributed by atoms with Crippen LogP contribution in [0.3, 0.4) is 0 Å². The van der Waals surface area contributed by atoms with Gasteiger partial charge in [0.15, 0.2) is 0 Å². The van der Waals surface area contributed by atoms with Crippen LogP contribution >= 0.6 is 22.9 Å². The summed E-state index contributed by atoms with van der Waals surface area (Å²) in [4.78, 5) is 12.1. The normalized spacial score (nSPS) is 10.8. The molecule has 0 saturated carbocycles. The highest BCUT2D eigenvalue weighted by Crippen LogP contribution is 2.28. The van der Waals surface area contributed by atoms with Crippen molar-refractivity contribution in [2.24, 2.45) is 0 Å². The van der Waals surface area contributed by atoms with Gasteiger partial charge in [0.1, 0.15) is 0 Å². The van der Waals surface area contributed by atoms with Gasteiger partial charge in [-0.05, 0) is 47.9 Å². The maximum absolute atomic E-state index is 12.1. The molecule has 1 amide bonds. The van der Waals surface area contributed by atoms with Crippen molar-refractivity contribution < 1.29 is 4.79 Å². The van der Waals surface area contributed by atoms with Crippen molar-refractivity contribution >= 4 is 28.8 Å². The van der Waals surface area contributed by atoms with E-state index in [1.165, 1.54) is 11.1 Å². The molecule has 0 fully saturated rings. The number of carbonyl (C=O) groups is 1. The predicted octanol–water partition coefficient (Wildman–Crippen LogP) is 4.24. The van der Waals surface area contributed by atoms with E-state index in [-0.39, 0.29) is 12.3 Å². The number of nitrogens with one attached hydrogen (secondary N) is 1. The molecule has 130 valence electrons. The summed E-state index contributed by atoms with van der Waals surface area (Å²) in [6.07, 6.45) is 0.289. The average Bonchev–Trinajstić information content (AvgIpc) is 3.18. The monoisotopic (exact) mass is 373 g/mol. The van der Waals surface area contributed by atoms with Gasteiger partial charge in [-0.1, -0.05) is 29.8 Å². The Kier molecular flexibility index (Phi) is 5.56. The number of nitrogens with zero attached hydrogens (tertiary/aromatic N) is 2. The summed E-state index contributed by atoms with van der Waals surface area (Å²) in [6.45, 7) is 5.27. The Labute approximate surface area is 156 Å². The molecule has 1 N–H and O–H groups in total. The molecule has 25 heavy (non-hydrogen) atoms. The number of thiophene rings is 1. The molecule has 0 saturated heterocycles. The van der Waals surface area contributed by atoms with E-state index in [1.54, 1.807) is 17.4 Å². The second-order valence-electron chi connectivity index (χ2n) is 5.90. The first kappa shape index (κ1) is 17.7. The lowest BCUT2D eigenvalue weighted by atomic mass is 10.1. The Morgan fingerprint density at radius 2 is 2.08 bits per heavy atom. The Morgan fingerprint density at radius 1 is 1.28 bits per heavy atom. The summed E-state index contributed by atoms with van der Waals surface area (Å²) in [5.74, 6) is -0.0345. The van der Waals surface area contributed by atoms with Gasteiger partial charge in [-0.25, -0.2) is 0 Å². The van der Waals surface area contributed by atoms with Crippen LogP contribution in [-0.4, -0.2) is 22.2 Å². The maximum atomic E-state index is 12.1. The molecule has 0 bridgehead atoms. The van der Waals surface area contributed by atoms with E-state index < -0.39 is 0 Å². The van der Waals surface area contributed by atoms with Crippen molar-refractivity contribution in [3.8, 4) is 11.1 Å². The summed E-state index contributed by atoms with van der Waals surface area (Å²) >= 11 is 7.77. The van der Waals surface area contributed by atoms with Crippen LogP contribution in [0, 0.1) is 13.8 Å². The van der Waals surface area contributed by atoms with Crippen LogP contribution in [0.25, 0.3) is 11.1 Å². The first-order valence-corrected chi connectivity index (χ1v) is 9.45. The zero-order valence-corrected chi connectivity index (χ0v) is 15.8. The number of carbonyl (C=O) groups excluding carboxylic acids is 1. The molecule has 0 radical (unpaired) electrons. The zero-order valence-electron chi connectivity index (χ0n) is 14.3. The Bertz CT molecular complexity index is 871. The fourth-order valence-corrected chi connectivity index (χ4v) is 3.77. The minimum absolute atomic E-state index is 0.0345. The number of aryl methyl sites for hydroxylation is 1. The van der Waals surface area contributed by atoms with Crippen LogP contribution in [0.5, 0.6) is 0 Å². The minimum atomic E-state index is -0.0345. The zero-order chi connectivity index (χ0) is 17.8. The van der Waals surface area contributed by atoms with Crippen LogP contribution in [-0.2, 0) is 17.8 Å². The standard InChI is InChI=1S/C19H20ClN3OS/c1-13-19(16-7-10-25-12-16)14(2)23(22-13)9-8-21-18(24)11-15-5-3-4-6-17(15)20/h3-7,10,12H,8-9,11H2,1-2H3,(H,21,24). The SMILES string of the molecule is Cc1nn(CCNC(=O)Cc2ccccc2Cl)c(C)c1-c1ccsc1. The Balaban J connectivity index is 1.58. The van der Waals surface area contributed by atoms with Crippen molar-refractivity contribution in [3.05, 3.63) is 63.1 Å². The second-order valence-corrected chi connectivity index (χ2v) is 7.09. The molecular formula is C19H20ClN3OS. The number of amides is 1. The van der Waals surface area contributed by atoms with Crippen molar-refractivity contribution in [1.82, 2.24) is 15.1 Å². The highest BCUT2D eigenvalue weighted by Gasteiger charge is 2.14. The third-order valence-electron chi connectivity index (χ3n) is 4.15. The second kappa shape index (κ2) is 7.85. The molecule has 0 unspecified atom stereocenters. The first-order chi connectivity index (χ1) is 12.1. The number of hydrogen-bond donors (Lipinski definition) is 1. The van der Waals surface area contributed by atoms with Crippen LogP contribution in [0.15, 0.2) is 41.1 Å². The smallest absolute Gasteiger partial charge is 0.224 e. The van der Waals surface area contributed by atoms with E-state index in [4.69, 9.17) is 11.6 Å². The number of benzene rings is 1. The van der Waals surface area contributed by atoms with Gasteiger partial charge < -0.3 is 5.32 Å². The molecule has 6 heteroatoms. The van der Waals surface area contributed by atoms with Gasteiger partial charge in [0.05, 0.1) is 18.7 Å². The summed E-state index contributed by atoms with van der Waals surface area (Å²) in [5, 5.41) is 12.4. The number of hydrogen-bond acceptors (Lipinski definition) is 3. The molecule has 1 aromatic carbocycles. The fourth-order valence-electron chi connectivity index (χ4n) is 2.92. The van der Waals surface area contributed by atoms with E-state index >= 15 is 0 Å². The topological polar surface area (TPSA) is 46.9 Å². The van der Waals surface area contributed by atoms with E-state index in [9.17, 15) is 4.79 Å². The molecule has 0 atom stereocenters. The summed E-state index contributed by atoms with van der Waals surface area (Å²) in [6, 6.07) is 9.52. The molecule has 0 aliphatic carbocycles. The molecule has 0 aliphatic heterocycles. The quantitative estimate of drug-likeness (QED) is 0.702. The van der Waals surface area contributed by atoms with Gasteiger partial charge in [0.25, 0.3) is 0 Å². The van der Waals surface area contributed by atoms with Crippen molar-refractivity contribution in [2.75, 3.05) is 6.54 Å². The number of rotatable bonds is 6. The Hall–Kier alpha value is -2.11. The van der Waals surface area contributed by atoms with Gasteiger partial charge in [0, 0.05) is 22.8 Å². The molecule has 2 heterocycles. The number of aromatic nitrogens is 2. The third kappa shape index (κ3) is 4.11. The maximum Gasteiger partial charge on any atom is 0.224 e. The van der Waals surface area contributed by atoms with Crippen LogP contribution in [0.2, 0.25) is 5.02 Å². The fraction of sp³-hybridized carbons (Fsp3) is 0.263. The molecule has 3 aromatic rings. The summed E-state index contributed by atoms with van der Waals surface area (Å²) < 4.78 is 1.96. The summed E-state index contributed by atoms with van der Waals surface area (Å²) in [5.41, 5.74) is 5.36. The first-order valence-electron chi connectivity index (χ1n) is 8.13. The largest absolute Gasteiger partial charge is 0.354 e. The highest BCUT2D eigenvalue weighted by atomic mass is 35.5. The number of halogens is 1.